The van der Waals surface area contributed by atoms with Crippen molar-refractivity contribution in [1.82, 2.24) is 0 Å². The summed E-state index contributed by atoms with van der Waals surface area (Å²) in [6.07, 6.45) is 4.52. The van der Waals surface area contributed by atoms with Gasteiger partial charge in [0.2, 0.25) is 11.2 Å². The number of allylic oxidation sites excluding steroid dienone is 6. The summed E-state index contributed by atoms with van der Waals surface area (Å²) in [7, 11) is 0. The Bertz CT molecular complexity index is 1360. The molecule has 0 saturated heterocycles. The lowest BCUT2D eigenvalue weighted by Crippen LogP contribution is -2.37. The van der Waals surface area contributed by atoms with Crippen LogP contribution in [0.2, 0.25) is 0 Å². The highest BCUT2D eigenvalue weighted by molar-refractivity contribution is 5.79. The van der Waals surface area contributed by atoms with Crippen LogP contribution in [0, 0.1) is 0 Å². The average Bonchev–Trinajstić information content (AvgIpc) is 2.89. The standard InChI is InChI=1S/C32H37N2/c1-8-33-29(20-18-27-14-10-12-16-31(27)33)25(6)23(4)22(3)24(5)26(7)30-21-19-28-15-11-13-17-32(28)34(30)9-2/h10-21H,8-9H2,1-7H3/q+1. The van der Waals surface area contributed by atoms with Crippen molar-refractivity contribution in [3.05, 3.63) is 106 Å². The molecule has 0 bridgehead atoms. The van der Waals surface area contributed by atoms with E-state index in [0.717, 1.165) is 13.1 Å². The first-order valence-corrected chi connectivity index (χ1v) is 12.4. The second-order valence-corrected chi connectivity index (χ2v) is 9.17. The van der Waals surface area contributed by atoms with Crippen molar-refractivity contribution in [2.75, 3.05) is 11.4 Å². The third-order valence-corrected chi connectivity index (χ3v) is 7.53. The van der Waals surface area contributed by atoms with E-state index in [1.807, 2.05) is 0 Å². The quantitative estimate of drug-likeness (QED) is 0.282. The van der Waals surface area contributed by atoms with Crippen LogP contribution in [0.4, 0.5) is 5.69 Å². The van der Waals surface area contributed by atoms with Gasteiger partial charge < -0.3 is 4.90 Å². The minimum absolute atomic E-state index is 0.946. The monoisotopic (exact) mass is 449 g/mol. The van der Waals surface area contributed by atoms with Crippen LogP contribution in [0.3, 0.4) is 0 Å². The van der Waals surface area contributed by atoms with Crippen LogP contribution in [0.15, 0.2) is 94.7 Å². The zero-order valence-corrected chi connectivity index (χ0v) is 21.7. The van der Waals surface area contributed by atoms with Crippen molar-refractivity contribution in [2.24, 2.45) is 0 Å². The van der Waals surface area contributed by atoms with Gasteiger partial charge in [-0.05, 0) is 101 Å². The summed E-state index contributed by atoms with van der Waals surface area (Å²) < 4.78 is 2.43. The zero-order chi connectivity index (χ0) is 24.4. The molecule has 0 N–H and O–H groups in total. The molecule has 0 fully saturated rings. The molecule has 0 spiro atoms. The molecule has 1 aromatic heterocycles. The van der Waals surface area contributed by atoms with Gasteiger partial charge in [-0.15, -0.1) is 0 Å². The topological polar surface area (TPSA) is 7.12 Å². The summed E-state index contributed by atoms with van der Waals surface area (Å²) in [6.45, 7) is 17.7. The second kappa shape index (κ2) is 9.85. The number of benzene rings is 2. The number of likely N-dealkylation sites (N-methyl/N-ethyl adjacent to an activating group) is 1. The Kier molecular flexibility index (Phi) is 6.88. The lowest BCUT2D eigenvalue weighted by Gasteiger charge is -2.31. The van der Waals surface area contributed by atoms with Gasteiger partial charge in [0.15, 0.2) is 0 Å². The second-order valence-electron chi connectivity index (χ2n) is 9.17. The molecule has 4 rings (SSSR count). The number of pyridine rings is 1. The number of anilines is 1. The highest BCUT2D eigenvalue weighted by Gasteiger charge is 2.21. The van der Waals surface area contributed by atoms with Crippen LogP contribution in [0.5, 0.6) is 0 Å². The summed E-state index contributed by atoms with van der Waals surface area (Å²) in [6, 6.07) is 21.8. The van der Waals surface area contributed by atoms with Crippen molar-refractivity contribution in [3.63, 3.8) is 0 Å². The van der Waals surface area contributed by atoms with Crippen LogP contribution in [-0.2, 0) is 6.54 Å². The van der Waals surface area contributed by atoms with E-state index in [1.165, 1.54) is 61.4 Å². The Balaban J connectivity index is 1.81. The maximum absolute atomic E-state index is 2.43. The SMILES string of the molecule is CCN1/C(=C(C)/C(C)=C(C)/C(C)=C(\C)c2ccc3ccccc3[n+]2CC)C=Cc2ccccc21. The molecular formula is C32H37N2+. The molecule has 0 saturated carbocycles. The van der Waals surface area contributed by atoms with Crippen LogP contribution in [-0.4, -0.2) is 6.54 Å². The van der Waals surface area contributed by atoms with Gasteiger partial charge in [-0.3, -0.25) is 0 Å². The number of hydrogen-bond acceptors (Lipinski definition) is 1. The normalized spacial score (nSPS) is 16.3. The lowest BCUT2D eigenvalue weighted by atomic mass is 9.92. The molecule has 1 aliphatic rings. The van der Waals surface area contributed by atoms with Gasteiger partial charge >= 0.3 is 0 Å². The van der Waals surface area contributed by atoms with E-state index < -0.39 is 0 Å². The van der Waals surface area contributed by atoms with Crippen LogP contribution >= 0.6 is 0 Å². The van der Waals surface area contributed by atoms with E-state index in [1.54, 1.807) is 0 Å². The van der Waals surface area contributed by atoms with Gasteiger partial charge in [0.25, 0.3) is 0 Å². The number of aromatic nitrogens is 1. The van der Waals surface area contributed by atoms with Gasteiger partial charge in [-0.1, -0.05) is 36.4 Å². The van der Waals surface area contributed by atoms with Crippen LogP contribution in [0.25, 0.3) is 22.6 Å². The van der Waals surface area contributed by atoms with Crippen LogP contribution < -0.4 is 9.47 Å². The van der Waals surface area contributed by atoms with E-state index in [0.29, 0.717) is 0 Å². The number of para-hydroxylation sites is 2. The fourth-order valence-electron chi connectivity index (χ4n) is 5.09. The van der Waals surface area contributed by atoms with Gasteiger partial charge in [-0.2, -0.15) is 4.57 Å². The third-order valence-electron chi connectivity index (χ3n) is 7.53. The van der Waals surface area contributed by atoms with Crippen molar-refractivity contribution in [2.45, 2.75) is 55.0 Å². The molecule has 0 aliphatic carbocycles. The Hall–Kier alpha value is -3.39. The van der Waals surface area contributed by atoms with E-state index in [-0.39, 0.29) is 0 Å². The van der Waals surface area contributed by atoms with Crippen molar-refractivity contribution >= 4 is 28.2 Å². The van der Waals surface area contributed by atoms with Gasteiger partial charge in [0, 0.05) is 41.0 Å². The summed E-state index contributed by atoms with van der Waals surface area (Å²) in [5.74, 6) is 0. The number of nitrogens with zero attached hydrogens (tertiary/aromatic N) is 2. The molecule has 174 valence electrons. The number of aryl methyl sites for hydroxylation is 1. The molecule has 3 aromatic rings. The summed E-state index contributed by atoms with van der Waals surface area (Å²) in [5.41, 5.74) is 13.1. The Labute approximate surface area is 205 Å². The Morgan fingerprint density at radius 1 is 0.735 bits per heavy atom. The van der Waals surface area contributed by atoms with Gasteiger partial charge in [0.1, 0.15) is 6.54 Å². The van der Waals surface area contributed by atoms with Crippen molar-refractivity contribution < 1.29 is 4.57 Å². The molecule has 2 heterocycles. The Morgan fingerprint density at radius 2 is 1.44 bits per heavy atom. The predicted octanol–water partition coefficient (Wildman–Crippen LogP) is 8.10. The fraction of sp³-hybridized carbons (Fsp3) is 0.281. The average molecular weight is 450 g/mol. The smallest absolute Gasteiger partial charge is 0.212 e. The lowest BCUT2D eigenvalue weighted by molar-refractivity contribution is -0.670. The molecule has 2 heteroatoms. The number of rotatable bonds is 5. The molecule has 2 aromatic carbocycles. The molecule has 1 aliphatic heterocycles. The third kappa shape index (κ3) is 4.14. The van der Waals surface area contributed by atoms with E-state index in [2.05, 4.69) is 131 Å². The highest BCUT2D eigenvalue weighted by Crippen LogP contribution is 2.35. The first-order chi connectivity index (χ1) is 16.4. The van der Waals surface area contributed by atoms with E-state index in [9.17, 15) is 0 Å². The maximum Gasteiger partial charge on any atom is 0.212 e. The fourth-order valence-corrected chi connectivity index (χ4v) is 5.09. The molecule has 2 nitrogen and oxygen atoms in total. The van der Waals surface area contributed by atoms with Gasteiger partial charge in [0.05, 0.1) is 0 Å². The largest absolute Gasteiger partial charge is 0.341 e. The maximum atomic E-state index is 2.43. The zero-order valence-electron chi connectivity index (χ0n) is 21.7. The molecule has 0 radical (unpaired) electrons. The molecular weight excluding hydrogens is 412 g/mol. The van der Waals surface area contributed by atoms with Crippen molar-refractivity contribution in [1.29, 1.82) is 0 Å². The Morgan fingerprint density at radius 3 is 2.18 bits per heavy atom. The number of hydrogen-bond donors (Lipinski definition) is 0. The molecule has 34 heavy (non-hydrogen) atoms. The first-order valence-electron chi connectivity index (χ1n) is 12.4. The highest BCUT2D eigenvalue weighted by atomic mass is 15.1. The van der Waals surface area contributed by atoms with Crippen LogP contribution in [0.1, 0.15) is 59.7 Å². The van der Waals surface area contributed by atoms with Crippen molar-refractivity contribution in [3.8, 4) is 0 Å². The van der Waals surface area contributed by atoms with E-state index in [4.69, 9.17) is 0 Å². The minimum atomic E-state index is 0.946. The molecule has 0 unspecified atom stereocenters. The predicted molar refractivity (Wildman–Crippen MR) is 148 cm³/mol. The summed E-state index contributed by atoms with van der Waals surface area (Å²) in [5, 5.41) is 1.28. The summed E-state index contributed by atoms with van der Waals surface area (Å²) in [4.78, 5) is 2.43. The number of fused-ring (bicyclic) bond motifs is 2. The van der Waals surface area contributed by atoms with Gasteiger partial charge in [-0.25, -0.2) is 0 Å². The molecule has 0 amide bonds. The molecule has 0 atom stereocenters. The minimum Gasteiger partial charge on any atom is -0.341 e. The van der Waals surface area contributed by atoms with E-state index >= 15 is 0 Å². The summed E-state index contributed by atoms with van der Waals surface area (Å²) >= 11 is 0. The first kappa shape index (κ1) is 23.8.